The predicted molar refractivity (Wildman–Crippen MR) is 103 cm³/mol. The van der Waals surface area contributed by atoms with E-state index in [1.807, 2.05) is 6.92 Å². The molecule has 0 spiro atoms. The molecule has 0 amide bonds. The van der Waals surface area contributed by atoms with Crippen LogP contribution in [0.4, 0.5) is 0 Å². The van der Waals surface area contributed by atoms with E-state index in [-0.39, 0.29) is 30.7 Å². The molecule has 1 aromatic heterocycles. The molecule has 0 aliphatic rings. The first-order chi connectivity index (χ1) is 11.4. The third kappa shape index (κ3) is 6.38. The Morgan fingerprint density at radius 1 is 1.44 bits per heavy atom. The SMILES string of the molecule is CCCC(=O)OSCC(O)(Cn1ccnc1)c1ccc(Cl)cc1Cl.Cl. The highest BCUT2D eigenvalue weighted by Crippen LogP contribution is 2.34. The molecule has 25 heavy (non-hydrogen) atoms. The summed E-state index contributed by atoms with van der Waals surface area (Å²) in [5, 5.41) is 12.0. The molecule has 0 saturated carbocycles. The van der Waals surface area contributed by atoms with Crippen molar-refractivity contribution in [1.29, 1.82) is 0 Å². The van der Waals surface area contributed by atoms with E-state index >= 15 is 0 Å². The van der Waals surface area contributed by atoms with Crippen LogP contribution < -0.4 is 0 Å². The highest BCUT2D eigenvalue weighted by Gasteiger charge is 2.33. The lowest BCUT2D eigenvalue weighted by molar-refractivity contribution is -0.133. The largest absolute Gasteiger partial charge is 0.391 e. The predicted octanol–water partition coefficient (Wildman–Crippen LogP) is 4.49. The molecular weight excluding hydrogens is 407 g/mol. The Bertz CT molecular complexity index is 685. The van der Waals surface area contributed by atoms with E-state index in [2.05, 4.69) is 4.98 Å². The van der Waals surface area contributed by atoms with Crippen LogP contribution in [0.25, 0.3) is 0 Å². The van der Waals surface area contributed by atoms with Crippen LogP contribution >= 0.6 is 47.7 Å². The Labute approximate surface area is 167 Å². The molecule has 0 aliphatic carbocycles. The Hall–Kier alpha value is -0.920. The molecule has 0 aliphatic heterocycles. The molecular formula is C16H19Cl3N2O3S. The molecule has 138 valence electrons. The molecule has 2 rings (SSSR count). The lowest BCUT2D eigenvalue weighted by Crippen LogP contribution is -2.34. The van der Waals surface area contributed by atoms with Crippen LogP contribution in [0.2, 0.25) is 10.0 Å². The fourth-order valence-corrected chi connectivity index (χ4v) is 3.50. The summed E-state index contributed by atoms with van der Waals surface area (Å²) >= 11 is 13.1. The van der Waals surface area contributed by atoms with Gasteiger partial charge in [0.25, 0.3) is 0 Å². The maximum Gasteiger partial charge on any atom is 0.317 e. The van der Waals surface area contributed by atoms with Gasteiger partial charge in [-0.2, -0.15) is 0 Å². The second-order valence-corrected chi connectivity index (χ2v) is 6.89. The lowest BCUT2D eigenvalue weighted by Gasteiger charge is -2.29. The average Bonchev–Trinajstić information content (AvgIpc) is 2.99. The van der Waals surface area contributed by atoms with Gasteiger partial charge in [0.2, 0.25) is 0 Å². The number of hydrogen-bond donors (Lipinski definition) is 1. The smallest absolute Gasteiger partial charge is 0.317 e. The lowest BCUT2D eigenvalue weighted by atomic mass is 9.95. The Morgan fingerprint density at radius 3 is 2.80 bits per heavy atom. The van der Waals surface area contributed by atoms with E-state index < -0.39 is 5.60 Å². The van der Waals surface area contributed by atoms with Crippen molar-refractivity contribution in [2.24, 2.45) is 0 Å². The first kappa shape index (κ1) is 22.1. The fraction of sp³-hybridized carbons (Fsp3) is 0.375. The number of nitrogens with zero attached hydrogens (tertiary/aromatic N) is 2. The molecule has 1 N–H and O–H groups in total. The van der Waals surface area contributed by atoms with Crippen molar-refractivity contribution in [3.8, 4) is 0 Å². The summed E-state index contributed by atoms with van der Waals surface area (Å²) in [7, 11) is 0. The van der Waals surface area contributed by atoms with E-state index in [0.717, 1.165) is 12.0 Å². The molecule has 1 aromatic carbocycles. The number of aromatic nitrogens is 2. The number of carbonyl (C=O) groups is 1. The number of carbonyl (C=O) groups excluding carboxylic acids is 1. The van der Waals surface area contributed by atoms with Gasteiger partial charge in [-0.05, 0) is 18.6 Å². The minimum absolute atomic E-state index is 0. The number of imidazole rings is 1. The van der Waals surface area contributed by atoms with Gasteiger partial charge in [-0.25, -0.2) is 4.98 Å². The molecule has 1 unspecified atom stereocenters. The number of aliphatic hydroxyl groups is 1. The highest BCUT2D eigenvalue weighted by molar-refractivity contribution is 7.95. The molecule has 2 aromatic rings. The normalized spacial score (nSPS) is 13.0. The van der Waals surface area contributed by atoms with Gasteiger partial charge in [-0.3, -0.25) is 4.79 Å². The van der Waals surface area contributed by atoms with Gasteiger partial charge in [-0.15, -0.1) is 12.4 Å². The average molecular weight is 426 g/mol. The zero-order valence-electron chi connectivity index (χ0n) is 13.5. The molecule has 0 bridgehead atoms. The van der Waals surface area contributed by atoms with E-state index in [9.17, 15) is 9.90 Å². The summed E-state index contributed by atoms with van der Waals surface area (Å²) in [5.74, 6) is -0.184. The Balaban J connectivity index is 0.00000312. The van der Waals surface area contributed by atoms with Crippen LogP contribution in [0.5, 0.6) is 0 Å². The zero-order valence-corrected chi connectivity index (χ0v) is 16.7. The van der Waals surface area contributed by atoms with Crippen molar-refractivity contribution in [1.82, 2.24) is 9.55 Å². The van der Waals surface area contributed by atoms with Gasteiger partial charge < -0.3 is 13.9 Å². The third-order valence-corrected chi connectivity index (χ3v) is 4.79. The van der Waals surface area contributed by atoms with Crippen LogP contribution in [-0.4, -0.2) is 26.4 Å². The van der Waals surface area contributed by atoms with Crippen molar-refractivity contribution in [2.75, 3.05) is 5.75 Å². The number of rotatable bonds is 8. The summed E-state index contributed by atoms with van der Waals surface area (Å²) in [6.07, 6.45) is 6.01. The van der Waals surface area contributed by atoms with Crippen LogP contribution in [0, 0.1) is 0 Å². The van der Waals surface area contributed by atoms with Gasteiger partial charge in [0, 0.05) is 34.4 Å². The van der Waals surface area contributed by atoms with Gasteiger partial charge in [0.15, 0.2) is 0 Å². The summed E-state index contributed by atoms with van der Waals surface area (Å²) in [6.45, 7) is 2.11. The van der Waals surface area contributed by atoms with Gasteiger partial charge in [0.05, 0.1) is 30.7 Å². The topological polar surface area (TPSA) is 64.3 Å². The second-order valence-electron chi connectivity index (χ2n) is 5.36. The van der Waals surface area contributed by atoms with Crippen LogP contribution in [0.3, 0.4) is 0 Å². The van der Waals surface area contributed by atoms with Crippen LogP contribution in [0.1, 0.15) is 25.3 Å². The van der Waals surface area contributed by atoms with Crippen molar-refractivity contribution < 1.29 is 14.1 Å². The summed E-state index contributed by atoms with van der Waals surface area (Å²) in [6, 6.07) is 4.91. The van der Waals surface area contributed by atoms with Crippen LogP contribution in [0.15, 0.2) is 36.9 Å². The van der Waals surface area contributed by atoms with Crippen LogP contribution in [-0.2, 0) is 21.1 Å². The van der Waals surface area contributed by atoms with E-state index in [0.29, 0.717) is 28.5 Å². The highest BCUT2D eigenvalue weighted by atomic mass is 35.5. The fourth-order valence-electron chi connectivity index (χ4n) is 2.20. The minimum Gasteiger partial charge on any atom is -0.391 e. The summed E-state index contributed by atoms with van der Waals surface area (Å²) in [5.41, 5.74) is -0.833. The van der Waals surface area contributed by atoms with Crippen molar-refractivity contribution in [2.45, 2.75) is 31.9 Å². The number of hydrogen-bond acceptors (Lipinski definition) is 5. The summed E-state index contributed by atoms with van der Waals surface area (Å²) in [4.78, 5) is 15.5. The van der Waals surface area contributed by atoms with Crippen molar-refractivity contribution in [3.05, 3.63) is 52.5 Å². The summed E-state index contributed by atoms with van der Waals surface area (Å²) < 4.78 is 6.84. The molecule has 9 heteroatoms. The minimum atomic E-state index is -1.35. The first-order valence-electron chi connectivity index (χ1n) is 7.40. The molecule has 0 fully saturated rings. The molecule has 5 nitrogen and oxygen atoms in total. The third-order valence-electron chi connectivity index (χ3n) is 3.34. The molecule has 0 radical (unpaired) electrons. The van der Waals surface area contributed by atoms with Crippen molar-refractivity contribution >= 4 is 53.6 Å². The second kappa shape index (κ2) is 10.3. The molecule has 1 atom stereocenters. The van der Waals surface area contributed by atoms with Gasteiger partial charge in [0.1, 0.15) is 5.60 Å². The van der Waals surface area contributed by atoms with Gasteiger partial charge >= 0.3 is 5.97 Å². The molecule has 1 heterocycles. The number of benzene rings is 1. The van der Waals surface area contributed by atoms with Crippen molar-refractivity contribution in [3.63, 3.8) is 0 Å². The molecule has 0 saturated heterocycles. The monoisotopic (exact) mass is 424 g/mol. The zero-order chi connectivity index (χ0) is 17.6. The quantitative estimate of drug-likeness (QED) is 0.631. The van der Waals surface area contributed by atoms with E-state index in [1.54, 1.807) is 41.5 Å². The Kier molecular flexibility index (Phi) is 9.10. The van der Waals surface area contributed by atoms with Gasteiger partial charge in [-0.1, -0.05) is 36.2 Å². The Morgan fingerprint density at radius 2 is 2.20 bits per heavy atom. The van der Waals surface area contributed by atoms with E-state index in [4.69, 9.17) is 27.4 Å². The maximum absolute atomic E-state index is 11.5. The standard InChI is InChI=1S/C16H18Cl2N2O3S.ClH/c1-2-3-15(21)23-24-10-16(22,9-20-7-6-19-11-20)13-5-4-12(17)8-14(13)18;/h4-8,11,22H,2-3,9-10H2,1H3;1H. The first-order valence-corrected chi connectivity index (χ1v) is 9.07. The maximum atomic E-state index is 11.5. The number of halogens is 3. The van der Waals surface area contributed by atoms with E-state index in [1.165, 1.54) is 0 Å².